The number of aromatic hydroxyl groups is 1. The van der Waals surface area contributed by atoms with E-state index in [0.29, 0.717) is 13.0 Å². The van der Waals surface area contributed by atoms with Crippen molar-refractivity contribution in [1.29, 1.82) is 0 Å². The van der Waals surface area contributed by atoms with Crippen LogP contribution in [0.2, 0.25) is 0 Å². The first-order valence-electron chi connectivity index (χ1n) is 6.65. The molecule has 1 amide bonds. The van der Waals surface area contributed by atoms with Gasteiger partial charge < -0.3 is 15.7 Å². The molecule has 3 N–H and O–H groups in total. The molecule has 0 aliphatic carbocycles. The van der Waals surface area contributed by atoms with Gasteiger partial charge in [-0.25, -0.2) is 0 Å². The summed E-state index contributed by atoms with van der Waals surface area (Å²) in [6.07, 6.45) is 1.33. The third-order valence-corrected chi connectivity index (χ3v) is 3.41. The van der Waals surface area contributed by atoms with Gasteiger partial charge in [0.2, 0.25) is 5.91 Å². The average Bonchev–Trinajstić information content (AvgIpc) is 2.45. The number of nitrogens with one attached hydrogen (secondary N) is 2. The lowest BCUT2D eigenvalue weighted by atomic mass is 10.0. The predicted molar refractivity (Wildman–Crippen MR) is 78.8 cm³/mol. The molecule has 0 saturated heterocycles. The van der Waals surface area contributed by atoms with Crippen LogP contribution in [0.5, 0.6) is 5.75 Å². The largest absolute Gasteiger partial charge is 0.508 e. The van der Waals surface area contributed by atoms with E-state index in [2.05, 4.69) is 16.7 Å². The van der Waals surface area contributed by atoms with Gasteiger partial charge in [-0.2, -0.15) is 0 Å². The molecule has 1 heterocycles. The number of fused-ring (bicyclic) bond motifs is 1. The van der Waals surface area contributed by atoms with Gasteiger partial charge in [0.15, 0.2) is 0 Å². The summed E-state index contributed by atoms with van der Waals surface area (Å²) in [6, 6.07) is 13.1. The zero-order chi connectivity index (χ0) is 13.9. The Balaban J connectivity index is 1.71. The monoisotopic (exact) mass is 268 g/mol. The van der Waals surface area contributed by atoms with Crippen LogP contribution in [-0.4, -0.2) is 11.0 Å². The maximum atomic E-state index is 11.3. The Labute approximate surface area is 117 Å². The Morgan fingerprint density at radius 1 is 1.15 bits per heavy atom. The first-order valence-corrected chi connectivity index (χ1v) is 6.65. The molecular weight excluding hydrogens is 252 g/mol. The van der Waals surface area contributed by atoms with Crippen LogP contribution in [0.25, 0.3) is 0 Å². The number of phenolic OH excluding ortho intramolecular Hbond substituents is 1. The summed E-state index contributed by atoms with van der Waals surface area (Å²) in [4.78, 5) is 11.3. The molecule has 102 valence electrons. The van der Waals surface area contributed by atoms with Crippen LogP contribution in [0.3, 0.4) is 0 Å². The fourth-order valence-electron chi connectivity index (χ4n) is 2.36. The Morgan fingerprint density at radius 2 is 2.05 bits per heavy atom. The Kier molecular flexibility index (Phi) is 3.29. The molecule has 2 aromatic rings. The standard InChI is InChI=1S/C16H16N2O2/c19-14-3-1-2-11(8-14)10-17-13-5-6-15-12(9-13)4-7-16(20)18-15/h1-3,5-6,8-9,17,19H,4,7,10H2,(H,18,20). The van der Waals surface area contributed by atoms with Crippen molar-refractivity contribution in [2.24, 2.45) is 0 Å². The Hall–Kier alpha value is -2.49. The number of carbonyl (C=O) groups excluding carboxylic acids is 1. The van der Waals surface area contributed by atoms with Gasteiger partial charge in [0.25, 0.3) is 0 Å². The van der Waals surface area contributed by atoms with Gasteiger partial charge in [-0.15, -0.1) is 0 Å². The van der Waals surface area contributed by atoms with Crippen molar-refractivity contribution in [3.8, 4) is 5.75 Å². The van der Waals surface area contributed by atoms with Crippen molar-refractivity contribution in [2.45, 2.75) is 19.4 Å². The number of phenols is 1. The zero-order valence-corrected chi connectivity index (χ0v) is 11.0. The highest BCUT2D eigenvalue weighted by Crippen LogP contribution is 2.26. The van der Waals surface area contributed by atoms with E-state index in [1.54, 1.807) is 12.1 Å². The normalized spacial score (nSPS) is 13.5. The van der Waals surface area contributed by atoms with Crippen LogP contribution in [0, 0.1) is 0 Å². The van der Waals surface area contributed by atoms with E-state index in [1.807, 2.05) is 24.3 Å². The van der Waals surface area contributed by atoms with Crippen molar-refractivity contribution in [3.63, 3.8) is 0 Å². The topological polar surface area (TPSA) is 61.4 Å². The molecular formula is C16H16N2O2. The summed E-state index contributed by atoms with van der Waals surface area (Å²) >= 11 is 0. The molecule has 0 atom stereocenters. The highest BCUT2D eigenvalue weighted by Gasteiger charge is 2.14. The molecule has 1 aliphatic rings. The minimum Gasteiger partial charge on any atom is -0.508 e. The smallest absolute Gasteiger partial charge is 0.224 e. The van der Waals surface area contributed by atoms with Gasteiger partial charge in [0.1, 0.15) is 5.75 Å². The Morgan fingerprint density at radius 3 is 2.90 bits per heavy atom. The summed E-state index contributed by atoms with van der Waals surface area (Å²) in [5, 5.41) is 15.6. The first kappa shape index (κ1) is 12.5. The first-order chi connectivity index (χ1) is 9.70. The van der Waals surface area contributed by atoms with Gasteiger partial charge in [-0.1, -0.05) is 12.1 Å². The highest BCUT2D eigenvalue weighted by atomic mass is 16.3. The molecule has 20 heavy (non-hydrogen) atoms. The van der Waals surface area contributed by atoms with Gasteiger partial charge in [0, 0.05) is 24.3 Å². The minimum absolute atomic E-state index is 0.0815. The van der Waals surface area contributed by atoms with E-state index < -0.39 is 0 Å². The minimum atomic E-state index is 0.0815. The third kappa shape index (κ3) is 2.74. The second kappa shape index (κ2) is 5.25. The number of carbonyl (C=O) groups is 1. The third-order valence-electron chi connectivity index (χ3n) is 3.41. The highest BCUT2D eigenvalue weighted by molar-refractivity contribution is 5.94. The molecule has 3 rings (SSSR count). The fraction of sp³-hybridized carbons (Fsp3) is 0.188. The van der Waals surface area contributed by atoms with Crippen molar-refractivity contribution in [1.82, 2.24) is 0 Å². The lowest BCUT2D eigenvalue weighted by molar-refractivity contribution is -0.116. The second-order valence-corrected chi connectivity index (χ2v) is 4.94. The van der Waals surface area contributed by atoms with Crippen LogP contribution in [0.1, 0.15) is 17.5 Å². The van der Waals surface area contributed by atoms with E-state index in [0.717, 1.165) is 28.9 Å². The molecule has 0 radical (unpaired) electrons. The van der Waals surface area contributed by atoms with E-state index >= 15 is 0 Å². The maximum Gasteiger partial charge on any atom is 0.224 e. The van der Waals surface area contributed by atoms with Crippen molar-refractivity contribution >= 4 is 17.3 Å². The van der Waals surface area contributed by atoms with Crippen LogP contribution < -0.4 is 10.6 Å². The van der Waals surface area contributed by atoms with Crippen molar-refractivity contribution in [2.75, 3.05) is 10.6 Å². The quantitative estimate of drug-likeness (QED) is 0.802. The van der Waals surface area contributed by atoms with Gasteiger partial charge >= 0.3 is 0 Å². The number of amides is 1. The second-order valence-electron chi connectivity index (χ2n) is 4.94. The maximum absolute atomic E-state index is 11.3. The summed E-state index contributed by atoms with van der Waals surface area (Å²) in [5.74, 6) is 0.357. The number of benzene rings is 2. The summed E-state index contributed by atoms with van der Waals surface area (Å²) in [7, 11) is 0. The molecule has 1 aliphatic heterocycles. The van der Waals surface area contributed by atoms with Crippen molar-refractivity contribution in [3.05, 3.63) is 53.6 Å². The van der Waals surface area contributed by atoms with E-state index in [9.17, 15) is 9.90 Å². The van der Waals surface area contributed by atoms with E-state index in [1.165, 1.54) is 0 Å². The average molecular weight is 268 g/mol. The lowest BCUT2D eigenvalue weighted by Gasteiger charge is -2.18. The fourth-order valence-corrected chi connectivity index (χ4v) is 2.36. The molecule has 0 unspecified atom stereocenters. The molecule has 2 aromatic carbocycles. The Bertz CT molecular complexity index is 653. The number of hydrogen-bond acceptors (Lipinski definition) is 3. The summed E-state index contributed by atoms with van der Waals surface area (Å²) in [5.41, 5.74) is 4.11. The molecule has 0 spiro atoms. The lowest BCUT2D eigenvalue weighted by Crippen LogP contribution is -2.18. The summed E-state index contributed by atoms with van der Waals surface area (Å²) < 4.78 is 0. The molecule has 0 saturated carbocycles. The number of aryl methyl sites for hydroxylation is 1. The molecule has 0 bridgehead atoms. The van der Waals surface area contributed by atoms with Crippen LogP contribution in [0.4, 0.5) is 11.4 Å². The van der Waals surface area contributed by atoms with E-state index in [-0.39, 0.29) is 11.7 Å². The number of hydrogen-bond donors (Lipinski definition) is 3. The SMILES string of the molecule is O=C1CCc2cc(NCc3cccc(O)c3)ccc2N1. The zero-order valence-electron chi connectivity index (χ0n) is 11.0. The van der Waals surface area contributed by atoms with Crippen LogP contribution in [0.15, 0.2) is 42.5 Å². The van der Waals surface area contributed by atoms with Gasteiger partial charge in [-0.05, 0) is 47.9 Å². The van der Waals surface area contributed by atoms with Crippen LogP contribution >= 0.6 is 0 Å². The van der Waals surface area contributed by atoms with Gasteiger partial charge in [0.05, 0.1) is 0 Å². The molecule has 0 fully saturated rings. The van der Waals surface area contributed by atoms with Gasteiger partial charge in [-0.3, -0.25) is 4.79 Å². The summed E-state index contributed by atoms with van der Waals surface area (Å²) in [6.45, 7) is 0.652. The number of rotatable bonds is 3. The van der Waals surface area contributed by atoms with E-state index in [4.69, 9.17) is 0 Å². The number of anilines is 2. The predicted octanol–water partition coefficient (Wildman–Crippen LogP) is 2.89. The molecule has 4 nitrogen and oxygen atoms in total. The molecule has 0 aromatic heterocycles. The molecule has 4 heteroatoms. The van der Waals surface area contributed by atoms with Crippen LogP contribution in [-0.2, 0) is 17.8 Å². The van der Waals surface area contributed by atoms with Crippen molar-refractivity contribution < 1.29 is 9.90 Å².